The van der Waals surface area contributed by atoms with E-state index < -0.39 is 16.1 Å². The fourth-order valence-corrected chi connectivity index (χ4v) is 5.14. The molecule has 0 saturated carbocycles. The number of sulfonamides is 1. The molecule has 0 radical (unpaired) electrons. The second kappa shape index (κ2) is 7.82. The highest BCUT2D eigenvalue weighted by atomic mass is 32.2. The first-order valence-electron chi connectivity index (χ1n) is 8.90. The van der Waals surface area contributed by atoms with Crippen molar-refractivity contribution in [1.29, 1.82) is 5.26 Å². The molecule has 2 amide bonds. The third kappa shape index (κ3) is 3.40. The Labute approximate surface area is 178 Å². The first-order chi connectivity index (χ1) is 14.5. The largest absolute Gasteiger partial charge is 0.344 e. The van der Waals surface area contributed by atoms with Crippen molar-refractivity contribution in [2.75, 3.05) is 11.2 Å². The zero-order valence-corrected chi connectivity index (χ0v) is 17.5. The van der Waals surface area contributed by atoms with Gasteiger partial charge in [0.1, 0.15) is 4.90 Å². The maximum atomic E-state index is 13.4. The summed E-state index contributed by atoms with van der Waals surface area (Å²) in [7, 11) is -4.11. The second-order valence-electron chi connectivity index (χ2n) is 6.47. The van der Waals surface area contributed by atoms with Gasteiger partial charge in [-0.15, -0.1) is 11.8 Å². The summed E-state index contributed by atoms with van der Waals surface area (Å²) in [6.45, 7) is -0.191. The lowest BCUT2D eigenvalue weighted by Crippen LogP contribution is -2.48. The summed E-state index contributed by atoms with van der Waals surface area (Å²) >= 11 is 1.52. The molecule has 0 saturated heterocycles. The molecule has 0 N–H and O–H groups in total. The van der Waals surface area contributed by atoms with Crippen molar-refractivity contribution in [2.24, 2.45) is 0 Å². The molecular weight excluding hydrogens is 420 g/mol. The van der Waals surface area contributed by atoms with Crippen LogP contribution in [-0.2, 0) is 16.6 Å². The van der Waals surface area contributed by atoms with Gasteiger partial charge in [0.2, 0.25) is 0 Å². The van der Waals surface area contributed by atoms with Gasteiger partial charge >= 0.3 is 6.03 Å². The third-order valence-corrected chi connectivity index (χ3v) is 7.09. The smallest absolute Gasteiger partial charge is 0.246 e. The minimum Gasteiger partial charge on any atom is -0.246 e. The summed E-state index contributed by atoms with van der Waals surface area (Å²) in [4.78, 5) is 19.8. The zero-order valence-electron chi connectivity index (χ0n) is 15.9. The SMILES string of the molecule is CSc1cccc(N2C(=O)N(Cc3cccc(C#N)c3)S(=O)(=O)c3cccnc32)c1. The van der Waals surface area contributed by atoms with E-state index in [0.29, 0.717) is 16.8 Å². The van der Waals surface area contributed by atoms with E-state index in [-0.39, 0.29) is 17.3 Å². The van der Waals surface area contributed by atoms with E-state index in [1.807, 2.05) is 24.5 Å². The molecule has 0 spiro atoms. The van der Waals surface area contributed by atoms with Gasteiger partial charge in [0, 0.05) is 11.1 Å². The number of nitriles is 1. The van der Waals surface area contributed by atoms with Gasteiger partial charge < -0.3 is 0 Å². The molecular formula is C21H16N4O3S2. The molecule has 9 heteroatoms. The van der Waals surface area contributed by atoms with Crippen LogP contribution in [0.25, 0.3) is 0 Å². The van der Waals surface area contributed by atoms with Crippen LogP contribution >= 0.6 is 11.8 Å². The number of aromatic nitrogens is 1. The number of carbonyl (C=O) groups is 1. The Kier molecular flexibility index (Phi) is 5.20. The van der Waals surface area contributed by atoms with Crippen molar-refractivity contribution < 1.29 is 13.2 Å². The molecule has 0 aliphatic carbocycles. The van der Waals surface area contributed by atoms with Crippen molar-refractivity contribution in [2.45, 2.75) is 16.3 Å². The van der Waals surface area contributed by atoms with Crippen LogP contribution in [0.15, 0.2) is 76.7 Å². The maximum Gasteiger partial charge on any atom is 0.344 e. The first-order valence-corrected chi connectivity index (χ1v) is 11.6. The van der Waals surface area contributed by atoms with E-state index in [1.54, 1.807) is 36.4 Å². The van der Waals surface area contributed by atoms with Crippen LogP contribution in [0.3, 0.4) is 0 Å². The Balaban J connectivity index is 1.86. The molecule has 1 aromatic heterocycles. The first kappa shape index (κ1) is 19.9. The van der Waals surface area contributed by atoms with E-state index in [0.717, 1.165) is 9.20 Å². The lowest BCUT2D eigenvalue weighted by Gasteiger charge is -2.35. The number of hydrogen-bond donors (Lipinski definition) is 0. The highest BCUT2D eigenvalue weighted by Crippen LogP contribution is 2.38. The van der Waals surface area contributed by atoms with Gasteiger partial charge in [-0.1, -0.05) is 18.2 Å². The zero-order chi connectivity index (χ0) is 21.3. The molecule has 30 heavy (non-hydrogen) atoms. The highest BCUT2D eigenvalue weighted by molar-refractivity contribution is 7.98. The van der Waals surface area contributed by atoms with E-state index in [2.05, 4.69) is 4.98 Å². The summed E-state index contributed by atoms with van der Waals surface area (Å²) in [6, 6.07) is 18.1. The van der Waals surface area contributed by atoms with Gasteiger partial charge in [0.15, 0.2) is 5.82 Å². The van der Waals surface area contributed by atoms with E-state index in [1.165, 1.54) is 35.0 Å². The molecule has 7 nitrogen and oxygen atoms in total. The molecule has 0 atom stereocenters. The number of benzene rings is 2. The van der Waals surface area contributed by atoms with Gasteiger partial charge in [-0.2, -0.15) is 5.26 Å². The van der Waals surface area contributed by atoms with Crippen molar-refractivity contribution in [1.82, 2.24) is 9.29 Å². The Hall–Kier alpha value is -3.35. The molecule has 1 aliphatic rings. The maximum absolute atomic E-state index is 13.4. The van der Waals surface area contributed by atoms with Gasteiger partial charge in [-0.25, -0.2) is 27.4 Å². The quantitative estimate of drug-likeness (QED) is 0.571. The summed E-state index contributed by atoms with van der Waals surface area (Å²) in [6.07, 6.45) is 3.38. The highest BCUT2D eigenvalue weighted by Gasteiger charge is 2.43. The normalized spacial score (nSPS) is 14.9. The van der Waals surface area contributed by atoms with Gasteiger partial charge in [0.05, 0.1) is 23.9 Å². The monoisotopic (exact) mass is 436 g/mol. The Morgan fingerprint density at radius 2 is 1.90 bits per heavy atom. The Bertz CT molecular complexity index is 1290. The van der Waals surface area contributed by atoms with Gasteiger partial charge in [-0.3, -0.25) is 0 Å². The summed E-state index contributed by atoms with van der Waals surface area (Å²) < 4.78 is 27.3. The van der Waals surface area contributed by atoms with Crippen LogP contribution < -0.4 is 4.90 Å². The van der Waals surface area contributed by atoms with Crippen molar-refractivity contribution >= 4 is 39.3 Å². The van der Waals surface area contributed by atoms with Crippen molar-refractivity contribution in [3.63, 3.8) is 0 Å². The summed E-state index contributed by atoms with van der Waals surface area (Å²) in [5.74, 6) is 0.0720. The molecule has 0 bridgehead atoms. The van der Waals surface area contributed by atoms with Crippen LogP contribution in [0.5, 0.6) is 0 Å². The number of fused-ring (bicyclic) bond motifs is 1. The average molecular weight is 437 g/mol. The number of urea groups is 1. The average Bonchev–Trinajstić information content (AvgIpc) is 2.77. The number of amides is 2. The molecule has 150 valence electrons. The fourth-order valence-electron chi connectivity index (χ4n) is 3.22. The number of pyridine rings is 1. The molecule has 1 aliphatic heterocycles. The lowest BCUT2D eigenvalue weighted by molar-refractivity contribution is 0.229. The number of hydrogen-bond acceptors (Lipinski definition) is 6. The van der Waals surface area contributed by atoms with Crippen molar-refractivity contribution in [3.05, 3.63) is 78.0 Å². The number of rotatable bonds is 4. The van der Waals surface area contributed by atoms with Crippen LogP contribution in [0.1, 0.15) is 11.1 Å². The Morgan fingerprint density at radius 1 is 1.10 bits per heavy atom. The molecule has 4 rings (SSSR count). The summed E-state index contributed by atoms with van der Waals surface area (Å²) in [5.41, 5.74) is 1.45. The standard InChI is InChI=1S/C21H16N4O3S2/c1-29-18-8-3-7-17(12-18)25-20-19(9-4-10-23-20)30(27,28)24(21(25)26)14-16-6-2-5-15(11-16)13-22/h2-12H,14H2,1H3. The Morgan fingerprint density at radius 3 is 2.67 bits per heavy atom. The van der Waals surface area contributed by atoms with E-state index in [9.17, 15) is 13.2 Å². The molecule has 0 unspecified atom stereocenters. The molecule has 2 aromatic carbocycles. The van der Waals surface area contributed by atoms with E-state index in [4.69, 9.17) is 5.26 Å². The minimum atomic E-state index is -4.11. The van der Waals surface area contributed by atoms with E-state index >= 15 is 0 Å². The number of carbonyl (C=O) groups excluding carboxylic acids is 1. The molecule has 0 fully saturated rings. The summed E-state index contributed by atoms with van der Waals surface area (Å²) in [5, 5.41) is 9.13. The lowest BCUT2D eigenvalue weighted by atomic mass is 10.1. The third-order valence-electron chi connectivity index (χ3n) is 4.63. The predicted octanol–water partition coefficient (Wildman–Crippen LogP) is 4.14. The topological polar surface area (TPSA) is 94.4 Å². The van der Waals surface area contributed by atoms with Gasteiger partial charge in [0.25, 0.3) is 10.0 Å². The fraction of sp³-hybridized carbons (Fsp3) is 0.0952. The van der Waals surface area contributed by atoms with Crippen LogP contribution in [0.2, 0.25) is 0 Å². The van der Waals surface area contributed by atoms with Crippen LogP contribution in [0, 0.1) is 11.3 Å². The molecule has 2 heterocycles. The minimum absolute atomic E-state index is 0.0457. The van der Waals surface area contributed by atoms with Gasteiger partial charge in [-0.05, 0) is 54.3 Å². The van der Waals surface area contributed by atoms with Crippen LogP contribution in [0.4, 0.5) is 16.3 Å². The second-order valence-corrected chi connectivity index (χ2v) is 9.18. The van der Waals surface area contributed by atoms with Crippen LogP contribution in [-0.4, -0.2) is 30.0 Å². The number of nitrogens with zero attached hydrogens (tertiary/aromatic N) is 4. The number of anilines is 2. The van der Waals surface area contributed by atoms with Crippen molar-refractivity contribution in [3.8, 4) is 6.07 Å². The number of thioether (sulfide) groups is 1. The predicted molar refractivity (Wildman–Crippen MR) is 114 cm³/mol. The molecule has 3 aromatic rings.